The van der Waals surface area contributed by atoms with Crippen LogP contribution in [0.5, 0.6) is 0 Å². The number of ketones is 1. The van der Waals surface area contributed by atoms with E-state index in [0.29, 0.717) is 0 Å². The standard InChI is InChI=1S/C16H16NO2P/c1-16-9-5-7-11-14(16)13-10(15(16)18)6-4-8-12(13)20(3,17-2)19-11/h4-8H,9H2,1-3H3. The topological polar surface area (TPSA) is 38.7 Å². The minimum atomic E-state index is -2.02. The number of hydrogen-bond donors (Lipinski definition) is 0. The highest BCUT2D eigenvalue weighted by molar-refractivity contribution is 7.69. The van der Waals surface area contributed by atoms with Gasteiger partial charge < -0.3 is 4.52 Å². The lowest BCUT2D eigenvalue weighted by Gasteiger charge is -2.35. The van der Waals surface area contributed by atoms with E-state index in [9.17, 15) is 4.79 Å². The molecule has 1 aromatic carbocycles. The highest BCUT2D eigenvalue weighted by Gasteiger charge is 2.52. The van der Waals surface area contributed by atoms with E-state index in [1.807, 2.05) is 31.2 Å². The smallest absolute Gasteiger partial charge is 0.174 e. The van der Waals surface area contributed by atoms with Crippen molar-refractivity contribution in [2.75, 3.05) is 13.7 Å². The van der Waals surface area contributed by atoms with Crippen molar-refractivity contribution in [2.45, 2.75) is 13.3 Å². The maximum absolute atomic E-state index is 12.8. The van der Waals surface area contributed by atoms with Crippen LogP contribution < -0.4 is 5.30 Å². The van der Waals surface area contributed by atoms with Gasteiger partial charge in [0.15, 0.2) is 13.1 Å². The molecule has 1 aromatic rings. The fourth-order valence-corrected chi connectivity index (χ4v) is 5.51. The summed E-state index contributed by atoms with van der Waals surface area (Å²) in [5.41, 5.74) is 2.57. The zero-order valence-corrected chi connectivity index (χ0v) is 12.7. The summed E-state index contributed by atoms with van der Waals surface area (Å²) >= 11 is 0. The van der Waals surface area contributed by atoms with Crippen LogP contribution in [0.3, 0.4) is 0 Å². The molecule has 102 valence electrons. The SMILES string of the molecule is CN=P1(C)OC2=C3c4c(cccc41)C(=O)C3(C)CC=C2. The summed E-state index contributed by atoms with van der Waals surface area (Å²) in [7, 11) is -0.210. The second kappa shape index (κ2) is 3.53. The van der Waals surface area contributed by atoms with Crippen LogP contribution in [0.4, 0.5) is 0 Å². The van der Waals surface area contributed by atoms with Gasteiger partial charge in [-0.2, -0.15) is 0 Å². The minimum Gasteiger partial charge on any atom is -0.456 e. The maximum atomic E-state index is 12.8. The Hall–Kier alpha value is -1.60. The van der Waals surface area contributed by atoms with Crippen LogP contribution in [0.2, 0.25) is 0 Å². The lowest BCUT2D eigenvalue weighted by atomic mass is 9.76. The van der Waals surface area contributed by atoms with Crippen molar-refractivity contribution >= 4 is 23.9 Å². The van der Waals surface area contributed by atoms with Gasteiger partial charge in [0, 0.05) is 35.7 Å². The summed E-state index contributed by atoms with van der Waals surface area (Å²) in [6, 6.07) is 5.97. The first-order valence-electron chi connectivity index (χ1n) is 6.79. The second-order valence-electron chi connectivity index (χ2n) is 5.88. The monoisotopic (exact) mass is 285 g/mol. The van der Waals surface area contributed by atoms with Gasteiger partial charge in [-0.25, -0.2) is 0 Å². The average Bonchev–Trinajstić information content (AvgIpc) is 2.68. The molecule has 1 aliphatic heterocycles. The van der Waals surface area contributed by atoms with E-state index in [1.54, 1.807) is 7.05 Å². The van der Waals surface area contributed by atoms with Crippen LogP contribution in [0.25, 0.3) is 5.57 Å². The number of hydrogen-bond acceptors (Lipinski definition) is 3. The molecule has 4 heteroatoms. The van der Waals surface area contributed by atoms with Crippen LogP contribution in [0, 0.1) is 5.41 Å². The van der Waals surface area contributed by atoms with Crippen LogP contribution in [0.1, 0.15) is 29.3 Å². The van der Waals surface area contributed by atoms with Crippen molar-refractivity contribution in [3.63, 3.8) is 0 Å². The molecular formula is C16H16NO2P. The number of benzene rings is 1. The molecule has 0 saturated heterocycles. The maximum Gasteiger partial charge on any atom is 0.174 e. The van der Waals surface area contributed by atoms with Gasteiger partial charge in [-0.3, -0.25) is 9.54 Å². The predicted molar refractivity (Wildman–Crippen MR) is 81.5 cm³/mol. The number of rotatable bonds is 0. The average molecular weight is 285 g/mol. The molecule has 3 aliphatic rings. The van der Waals surface area contributed by atoms with E-state index in [1.165, 1.54) is 0 Å². The Bertz CT molecular complexity index is 788. The first kappa shape index (κ1) is 12.2. The molecule has 0 radical (unpaired) electrons. The molecule has 2 unspecified atom stereocenters. The quantitative estimate of drug-likeness (QED) is 0.683. The van der Waals surface area contributed by atoms with E-state index in [4.69, 9.17) is 4.52 Å². The van der Waals surface area contributed by atoms with Gasteiger partial charge in [0.1, 0.15) is 5.76 Å². The third-order valence-corrected chi connectivity index (χ3v) is 7.32. The molecule has 0 N–H and O–H groups in total. The van der Waals surface area contributed by atoms with Gasteiger partial charge in [-0.15, -0.1) is 0 Å². The summed E-state index contributed by atoms with van der Waals surface area (Å²) < 4.78 is 10.8. The van der Waals surface area contributed by atoms with Crippen molar-refractivity contribution in [3.8, 4) is 0 Å². The van der Waals surface area contributed by atoms with Gasteiger partial charge in [0.25, 0.3) is 0 Å². The summed E-state index contributed by atoms with van der Waals surface area (Å²) in [5, 5.41) is 1.11. The summed E-state index contributed by atoms with van der Waals surface area (Å²) in [5.74, 6) is 1.07. The second-order valence-corrected chi connectivity index (χ2v) is 8.70. The lowest BCUT2D eigenvalue weighted by molar-refractivity contribution is 0.0890. The van der Waals surface area contributed by atoms with Gasteiger partial charge in [0.2, 0.25) is 0 Å². The highest BCUT2D eigenvalue weighted by atomic mass is 31.2. The Morgan fingerprint density at radius 3 is 2.95 bits per heavy atom. The van der Waals surface area contributed by atoms with Gasteiger partial charge in [0.05, 0.1) is 5.41 Å². The number of carbonyl (C=O) groups is 1. The fraction of sp³-hybridized carbons (Fsp3) is 0.312. The van der Waals surface area contributed by atoms with Crippen molar-refractivity contribution in [3.05, 3.63) is 47.2 Å². The Kier molecular flexibility index (Phi) is 2.15. The van der Waals surface area contributed by atoms with Gasteiger partial charge >= 0.3 is 0 Å². The summed E-state index contributed by atoms with van der Waals surface area (Å²) in [6.07, 6.45) is 4.81. The van der Waals surface area contributed by atoms with Crippen LogP contribution in [0.15, 0.2) is 40.9 Å². The van der Waals surface area contributed by atoms with Crippen molar-refractivity contribution in [2.24, 2.45) is 10.2 Å². The molecule has 2 atom stereocenters. The number of Topliss-reactive ketones (excluding diaryl/α,β-unsaturated/α-hetero) is 1. The van der Waals surface area contributed by atoms with E-state index < -0.39 is 12.7 Å². The highest BCUT2D eigenvalue weighted by Crippen LogP contribution is 2.62. The molecule has 20 heavy (non-hydrogen) atoms. The number of nitrogens with zero attached hydrogens (tertiary/aromatic N) is 1. The van der Waals surface area contributed by atoms with Gasteiger partial charge in [-0.05, 0) is 25.5 Å². The molecule has 0 amide bonds. The first-order valence-corrected chi connectivity index (χ1v) is 8.89. The van der Waals surface area contributed by atoms with E-state index in [2.05, 4.69) is 17.5 Å². The van der Waals surface area contributed by atoms with Gasteiger partial charge in [-0.1, -0.05) is 18.2 Å². The molecule has 4 rings (SSSR count). The molecule has 0 fully saturated rings. The zero-order chi connectivity index (χ0) is 14.1. The van der Waals surface area contributed by atoms with E-state index in [-0.39, 0.29) is 5.78 Å². The first-order chi connectivity index (χ1) is 9.51. The van der Waals surface area contributed by atoms with Crippen LogP contribution >= 0.6 is 7.28 Å². The largest absolute Gasteiger partial charge is 0.456 e. The molecule has 0 bridgehead atoms. The van der Waals surface area contributed by atoms with Crippen LogP contribution in [-0.4, -0.2) is 19.5 Å². The molecule has 2 aliphatic carbocycles. The summed E-state index contributed by atoms with van der Waals surface area (Å²) in [4.78, 5) is 12.8. The van der Waals surface area contributed by atoms with Crippen molar-refractivity contribution in [1.82, 2.24) is 0 Å². The normalized spacial score (nSPS) is 33.0. The molecule has 0 spiro atoms. The Morgan fingerprint density at radius 1 is 1.40 bits per heavy atom. The third kappa shape index (κ3) is 1.18. The number of allylic oxidation sites excluding steroid dienone is 3. The Morgan fingerprint density at radius 2 is 2.20 bits per heavy atom. The number of carbonyl (C=O) groups excluding carboxylic acids is 1. The van der Waals surface area contributed by atoms with E-state index in [0.717, 1.165) is 34.2 Å². The fourth-order valence-electron chi connectivity index (χ4n) is 3.56. The molecule has 0 aromatic heterocycles. The molecular weight excluding hydrogens is 269 g/mol. The lowest BCUT2D eigenvalue weighted by Crippen LogP contribution is -2.27. The Labute approximate surface area is 118 Å². The molecule has 0 saturated carbocycles. The third-order valence-electron chi connectivity index (χ3n) is 4.74. The van der Waals surface area contributed by atoms with Crippen LogP contribution in [-0.2, 0) is 4.52 Å². The zero-order valence-electron chi connectivity index (χ0n) is 11.8. The molecule has 1 heterocycles. The van der Waals surface area contributed by atoms with Crippen molar-refractivity contribution < 1.29 is 9.32 Å². The van der Waals surface area contributed by atoms with Crippen molar-refractivity contribution in [1.29, 1.82) is 0 Å². The summed E-state index contributed by atoms with van der Waals surface area (Å²) in [6.45, 7) is 4.10. The minimum absolute atomic E-state index is 0.222. The predicted octanol–water partition coefficient (Wildman–Crippen LogP) is 3.59. The Balaban J connectivity index is 2.20. The van der Waals surface area contributed by atoms with E-state index >= 15 is 0 Å². The molecule has 3 nitrogen and oxygen atoms in total.